The van der Waals surface area contributed by atoms with Crippen LogP contribution in [0.2, 0.25) is 0 Å². The zero-order chi connectivity index (χ0) is 11.7. The van der Waals surface area contributed by atoms with Gasteiger partial charge in [-0.2, -0.15) is 0 Å². The van der Waals surface area contributed by atoms with Gasteiger partial charge >= 0.3 is 0 Å². The SMILES string of the molecule is CC(C)CC1C[C@@H](O)c2ccc(F)cc2O1. The van der Waals surface area contributed by atoms with Crippen LogP contribution in [0.15, 0.2) is 18.2 Å². The van der Waals surface area contributed by atoms with Crippen LogP contribution in [-0.2, 0) is 0 Å². The van der Waals surface area contributed by atoms with Crippen LogP contribution in [0.25, 0.3) is 0 Å². The van der Waals surface area contributed by atoms with Gasteiger partial charge in [-0.15, -0.1) is 0 Å². The maximum atomic E-state index is 13.0. The Balaban J connectivity index is 2.20. The first-order valence-corrected chi connectivity index (χ1v) is 5.70. The molecule has 16 heavy (non-hydrogen) atoms. The number of benzene rings is 1. The van der Waals surface area contributed by atoms with Gasteiger partial charge in [-0.3, -0.25) is 0 Å². The molecule has 2 atom stereocenters. The monoisotopic (exact) mass is 224 g/mol. The van der Waals surface area contributed by atoms with Gasteiger partial charge in [0.05, 0.1) is 6.10 Å². The zero-order valence-electron chi connectivity index (χ0n) is 9.61. The predicted molar refractivity (Wildman–Crippen MR) is 59.8 cm³/mol. The van der Waals surface area contributed by atoms with Crippen molar-refractivity contribution < 1.29 is 14.2 Å². The molecule has 1 aliphatic heterocycles. The minimum absolute atomic E-state index is 0.00991. The second-order valence-corrected chi connectivity index (χ2v) is 4.80. The summed E-state index contributed by atoms with van der Waals surface area (Å²) in [5.41, 5.74) is 0.696. The van der Waals surface area contributed by atoms with E-state index in [4.69, 9.17) is 4.74 Å². The highest BCUT2D eigenvalue weighted by atomic mass is 19.1. The molecule has 0 aliphatic carbocycles. The standard InChI is InChI=1S/C13H17FO2/c1-8(2)5-10-7-12(15)11-4-3-9(14)6-13(11)16-10/h3-4,6,8,10,12,15H,5,7H2,1-2H3/t10?,12-/m1/s1. The van der Waals surface area contributed by atoms with Gasteiger partial charge in [0.1, 0.15) is 17.7 Å². The number of aliphatic hydroxyl groups excluding tert-OH is 1. The van der Waals surface area contributed by atoms with E-state index in [1.807, 2.05) is 0 Å². The zero-order valence-corrected chi connectivity index (χ0v) is 9.61. The van der Waals surface area contributed by atoms with E-state index in [2.05, 4.69) is 13.8 Å². The van der Waals surface area contributed by atoms with Gasteiger partial charge in [0, 0.05) is 18.1 Å². The molecular weight excluding hydrogens is 207 g/mol. The molecule has 0 amide bonds. The quantitative estimate of drug-likeness (QED) is 0.836. The van der Waals surface area contributed by atoms with Gasteiger partial charge in [0.2, 0.25) is 0 Å². The van der Waals surface area contributed by atoms with Crippen molar-refractivity contribution in [3.05, 3.63) is 29.6 Å². The first kappa shape index (κ1) is 11.4. The molecule has 0 aromatic heterocycles. The summed E-state index contributed by atoms with van der Waals surface area (Å²) in [5.74, 6) is 0.674. The van der Waals surface area contributed by atoms with E-state index in [0.29, 0.717) is 23.7 Å². The maximum Gasteiger partial charge on any atom is 0.128 e. The number of rotatable bonds is 2. The summed E-state index contributed by atoms with van der Waals surface area (Å²) in [7, 11) is 0. The van der Waals surface area contributed by atoms with Gasteiger partial charge in [-0.25, -0.2) is 4.39 Å². The number of hydrogen-bond acceptors (Lipinski definition) is 2. The molecule has 0 radical (unpaired) electrons. The molecule has 1 heterocycles. The normalized spacial score (nSPS) is 24.1. The summed E-state index contributed by atoms with van der Waals surface area (Å²) in [5, 5.41) is 9.93. The molecule has 1 N–H and O–H groups in total. The van der Waals surface area contributed by atoms with E-state index in [9.17, 15) is 9.50 Å². The molecule has 1 unspecified atom stereocenters. The van der Waals surface area contributed by atoms with Crippen LogP contribution in [-0.4, -0.2) is 11.2 Å². The highest BCUT2D eigenvalue weighted by molar-refractivity contribution is 5.37. The molecule has 88 valence electrons. The second-order valence-electron chi connectivity index (χ2n) is 4.80. The Morgan fingerprint density at radius 1 is 1.50 bits per heavy atom. The number of aliphatic hydroxyl groups is 1. The molecule has 1 aliphatic rings. The lowest BCUT2D eigenvalue weighted by atomic mass is 9.94. The Morgan fingerprint density at radius 2 is 2.25 bits per heavy atom. The number of fused-ring (bicyclic) bond motifs is 1. The lowest BCUT2D eigenvalue weighted by molar-refractivity contribution is 0.0553. The fraction of sp³-hybridized carbons (Fsp3) is 0.538. The first-order valence-electron chi connectivity index (χ1n) is 5.70. The molecular formula is C13H17FO2. The summed E-state index contributed by atoms with van der Waals surface area (Å²) in [6.45, 7) is 4.22. The highest BCUT2D eigenvalue weighted by Crippen LogP contribution is 2.36. The van der Waals surface area contributed by atoms with Gasteiger partial charge in [-0.1, -0.05) is 13.8 Å². The van der Waals surface area contributed by atoms with Gasteiger partial charge in [-0.05, 0) is 24.5 Å². The predicted octanol–water partition coefficient (Wildman–Crippen LogP) is 3.06. The molecule has 0 saturated carbocycles. The number of hydrogen-bond donors (Lipinski definition) is 1. The average Bonchev–Trinajstić information content (AvgIpc) is 2.15. The molecule has 1 aromatic rings. The van der Waals surface area contributed by atoms with E-state index in [1.54, 1.807) is 6.07 Å². The summed E-state index contributed by atoms with van der Waals surface area (Å²) in [4.78, 5) is 0. The largest absolute Gasteiger partial charge is 0.490 e. The van der Waals surface area contributed by atoms with Crippen LogP contribution in [0.5, 0.6) is 5.75 Å². The minimum atomic E-state index is -0.534. The van der Waals surface area contributed by atoms with Crippen molar-refractivity contribution >= 4 is 0 Å². The third kappa shape index (κ3) is 2.35. The Kier molecular flexibility index (Phi) is 3.15. The van der Waals surface area contributed by atoms with Crippen LogP contribution in [0.4, 0.5) is 4.39 Å². The van der Waals surface area contributed by atoms with Gasteiger partial charge in [0.15, 0.2) is 0 Å². The third-order valence-electron chi connectivity index (χ3n) is 2.85. The Morgan fingerprint density at radius 3 is 2.94 bits per heavy atom. The molecule has 2 rings (SSSR count). The van der Waals surface area contributed by atoms with Crippen LogP contribution in [0.1, 0.15) is 38.4 Å². The van der Waals surface area contributed by atoms with Crippen molar-refractivity contribution in [2.24, 2.45) is 5.92 Å². The second kappa shape index (κ2) is 4.42. The van der Waals surface area contributed by atoms with Crippen molar-refractivity contribution in [3.63, 3.8) is 0 Å². The number of halogens is 1. The third-order valence-corrected chi connectivity index (χ3v) is 2.85. The summed E-state index contributed by atoms with van der Waals surface area (Å²) >= 11 is 0. The highest BCUT2D eigenvalue weighted by Gasteiger charge is 2.27. The maximum absolute atomic E-state index is 13.0. The van der Waals surface area contributed by atoms with Crippen molar-refractivity contribution in [1.82, 2.24) is 0 Å². The molecule has 0 saturated heterocycles. The summed E-state index contributed by atoms with van der Waals surface area (Å²) < 4.78 is 18.7. The Hall–Kier alpha value is -1.09. The van der Waals surface area contributed by atoms with Crippen molar-refractivity contribution in [3.8, 4) is 5.75 Å². The van der Waals surface area contributed by atoms with Gasteiger partial charge in [0.25, 0.3) is 0 Å². The lowest BCUT2D eigenvalue weighted by Gasteiger charge is -2.30. The van der Waals surface area contributed by atoms with Crippen molar-refractivity contribution in [1.29, 1.82) is 0 Å². The van der Waals surface area contributed by atoms with Gasteiger partial charge < -0.3 is 9.84 Å². The fourth-order valence-electron chi connectivity index (χ4n) is 2.16. The molecule has 0 bridgehead atoms. The Bertz CT molecular complexity index is 376. The average molecular weight is 224 g/mol. The van der Waals surface area contributed by atoms with E-state index in [1.165, 1.54) is 12.1 Å². The van der Waals surface area contributed by atoms with E-state index >= 15 is 0 Å². The summed E-state index contributed by atoms with van der Waals surface area (Å²) in [6, 6.07) is 4.31. The Labute approximate surface area is 95.1 Å². The summed E-state index contributed by atoms with van der Waals surface area (Å²) in [6.07, 6.45) is 0.932. The molecule has 2 nitrogen and oxygen atoms in total. The molecule has 0 spiro atoms. The van der Waals surface area contributed by atoms with Crippen molar-refractivity contribution in [2.75, 3.05) is 0 Å². The topological polar surface area (TPSA) is 29.5 Å². The van der Waals surface area contributed by atoms with Crippen LogP contribution >= 0.6 is 0 Å². The first-order chi connectivity index (χ1) is 7.56. The molecule has 0 fully saturated rings. The number of ether oxygens (including phenoxy) is 1. The fourth-order valence-corrected chi connectivity index (χ4v) is 2.16. The van der Waals surface area contributed by atoms with Crippen LogP contribution < -0.4 is 4.74 Å². The smallest absolute Gasteiger partial charge is 0.128 e. The van der Waals surface area contributed by atoms with E-state index in [-0.39, 0.29) is 11.9 Å². The molecule has 3 heteroatoms. The van der Waals surface area contributed by atoms with E-state index < -0.39 is 6.10 Å². The lowest BCUT2D eigenvalue weighted by Crippen LogP contribution is -2.27. The minimum Gasteiger partial charge on any atom is -0.490 e. The molecule has 1 aromatic carbocycles. The van der Waals surface area contributed by atoms with Crippen LogP contribution in [0.3, 0.4) is 0 Å². The van der Waals surface area contributed by atoms with Crippen LogP contribution in [0, 0.1) is 11.7 Å². The van der Waals surface area contributed by atoms with Crippen molar-refractivity contribution in [2.45, 2.75) is 38.9 Å². The van der Waals surface area contributed by atoms with E-state index in [0.717, 1.165) is 6.42 Å².